The smallest absolute Gasteiger partial charge is 0.125 e. The number of hydrogen-bond acceptors (Lipinski definition) is 5. The fraction of sp³-hybridized carbons (Fsp3) is 0.727. The van der Waals surface area contributed by atoms with Crippen LogP contribution in [0.4, 0.5) is 0 Å². The van der Waals surface area contributed by atoms with Gasteiger partial charge in [0.05, 0.1) is 11.0 Å². The van der Waals surface area contributed by atoms with Crippen LogP contribution >= 0.6 is 11.3 Å². The van der Waals surface area contributed by atoms with Crippen LogP contribution < -0.4 is 0 Å². The number of rotatable bonds is 3. The van der Waals surface area contributed by atoms with E-state index in [9.17, 15) is 5.11 Å². The second kappa shape index (κ2) is 4.79. The lowest BCUT2D eigenvalue weighted by molar-refractivity contribution is -0.0948. The molecule has 1 aliphatic heterocycles. The molecule has 90 valence electrons. The van der Waals surface area contributed by atoms with E-state index < -0.39 is 6.10 Å². The highest BCUT2D eigenvalue weighted by Crippen LogP contribution is 2.38. The summed E-state index contributed by atoms with van der Waals surface area (Å²) in [6, 6.07) is 0. The molecule has 0 amide bonds. The van der Waals surface area contributed by atoms with Gasteiger partial charge in [-0.2, -0.15) is 0 Å². The zero-order chi connectivity index (χ0) is 11.6. The van der Waals surface area contributed by atoms with E-state index >= 15 is 0 Å². The van der Waals surface area contributed by atoms with Gasteiger partial charge in [0.1, 0.15) is 10.6 Å². The lowest BCUT2D eigenvalue weighted by Gasteiger charge is -2.33. The monoisotopic (exact) mass is 243 g/mol. The highest BCUT2D eigenvalue weighted by Gasteiger charge is 2.37. The van der Waals surface area contributed by atoms with Crippen LogP contribution in [-0.2, 0) is 15.1 Å². The summed E-state index contributed by atoms with van der Waals surface area (Å²) in [4.78, 5) is 5.27. The molecule has 5 heteroatoms. The second-order valence-corrected chi connectivity index (χ2v) is 5.12. The molecule has 1 aromatic rings. The fourth-order valence-corrected chi connectivity index (χ4v) is 2.97. The van der Waals surface area contributed by atoms with Gasteiger partial charge in [0.2, 0.25) is 0 Å². The Morgan fingerprint density at radius 2 is 2.25 bits per heavy atom. The number of aromatic nitrogens is 1. The first kappa shape index (κ1) is 12.0. The van der Waals surface area contributed by atoms with Crippen LogP contribution in [0.25, 0.3) is 0 Å². The van der Waals surface area contributed by atoms with Gasteiger partial charge in [-0.05, 0) is 6.92 Å². The topological polar surface area (TPSA) is 51.6 Å². The molecule has 0 radical (unpaired) electrons. The van der Waals surface area contributed by atoms with Gasteiger partial charge in [0.25, 0.3) is 0 Å². The molecule has 2 rings (SSSR count). The van der Waals surface area contributed by atoms with Gasteiger partial charge < -0.3 is 14.6 Å². The normalized spacial score (nSPS) is 21.9. The molecule has 0 spiro atoms. The van der Waals surface area contributed by atoms with Gasteiger partial charge in [-0.25, -0.2) is 4.98 Å². The van der Waals surface area contributed by atoms with Crippen LogP contribution in [0, 0.1) is 0 Å². The van der Waals surface area contributed by atoms with Crippen LogP contribution in [0.1, 0.15) is 35.8 Å². The Labute approximate surface area is 99.2 Å². The summed E-state index contributed by atoms with van der Waals surface area (Å²) < 4.78 is 11.0. The summed E-state index contributed by atoms with van der Waals surface area (Å²) in [5.74, 6) is 0. The Morgan fingerprint density at radius 3 is 2.75 bits per heavy atom. The number of aliphatic hydroxyl groups is 1. The number of methoxy groups -OCH3 is 1. The quantitative estimate of drug-likeness (QED) is 0.880. The van der Waals surface area contributed by atoms with Gasteiger partial charge in [0, 0.05) is 39.4 Å². The Balaban J connectivity index is 2.25. The summed E-state index contributed by atoms with van der Waals surface area (Å²) in [6.45, 7) is 3.16. The molecule has 1 fully saturated rings. The van der Waals surface area contributed by atoms with Crippen molar-refractivity contribution >= 4 is 11.3 Å². The SMILES string of the molecule is COC1(c2ncc(C(C)O)s2)CCOCC1. The number of ether oxygens (including phenoxy) is 2. The van der Waals surface area contributed by atoms with Gasteiger partial charge in [-0.15, -0.1) is 11.3 Å². The number of hydrogen-bond donors (Lipinski definition) is 1. The molecule has 1 saturated heterocycles. The maximum absolute atomic E-state index is 9.50. The van der Waals surface area contributed by atoms with Crippen molar-refractivity contribution < 1.29 is 14.6 Å². The van der Waals surface area contributed by atoms with Crippen molar-refractivity contribution in [2.75, 3.05) is 20.3 Å². The number of nitrogens with zero attached hydrogens (tertiary/aromatic N) is 1. The Hall–Kier alpha value is -0.490. The van der Waals surface area contributed by atoms with Crippen molar-refractivity contribution in [3.63, 3.8) is 0 Å². The van der Waals surface area contributed by atoms with Crippen LogP contribution in [0.15, 0.2) is 6.20 Å². The summed E-state index contributed by atoms with van der Waals surface area (Å²) in [7, 11) is 1.72. The summed E-state index contributed by atoms with van der Waals surface area (Å²) in [6.07, 6.45) is 2.94. The van der Waals surface area contributed by atoms with Crippen molar-refractivity contribution in [2.24, 2.45) is 0 Å². The molecule has 1 N–H and O–H groups in total. The molecule has 0 aromatic carbocycles. The van der Waals surface area contributed by atoms with Crippen molar-refractivity contribution in [1.29, 1.82) is 0 Å². The third-order valence-corrected chi connectivity index (χ3v) is 4.37. The predicted octanol–water partition coefficient (Wildman–Crippen LogP) is 1.85. The average molecular weight is 243 g/mol. The first-order valence-electron chi connectivity index (χ1n) is 5.45. The van der Waals surface area contributed by atoms with E-state index in [0.717, 1.165) is 22.7 Å². The molecular formula is C11H17NO3S. The van der Waals surface area contributed by atoms with E-state index in [1.165, 1.54) is 11.3 Å². The minimum atomic E-state index is -0.458. The van der Waals surface area contributed by atoms with Crippen molar-refractivity contribution in [3.05, 3.63) is 16.1 Å². The highest BCUT2D eigenvalue weighted by molar-refractivity contribution is 7.11. The largest absolute Gasteiger partial charge is 0.388 e. The van der Waals surface area contributed by atoms with Crippen LogP contribution in [0.2, 0.25) is 0 Å². The molecule has 2 heterocycles. The lowest BCUT2D eigenvalue weighted by atomic mass is 9.95. The third kappa shape index (κ3) is 2.13. The fourth-order valence-electron chi connectivity index (χ4n) is 1.90. The second-order valence-electron chi connectivity index (χ2n) is 4.05. The first-order chi connectivity index (χ1) is 7.68. The molecule has 0 bridgehead atoms. The zero-order valence-electron chi connectivity index (χ0n) is 9.60. The van der Waals surface area contributed by atoms with Gasteiger partial charge >= 0.3 is 0 Å². The van der Waals surface area contributed by atoms with Crippen LogP contribution in [0.5, 0.6) is 0 Å². The van der Waals surface area contributed by atoms with Gasteiger partial charge in [-0.3, -0.25) is 0 Å². The van der Waals surface area contributed by atoms with E-state index in [-0.39, 0.29) is 5.60 Å². The Morgan fingerprint density at radius 1 is 1.56 bits per heavy atom. The molecule has 1 aromatic heterocycles. The van der Waals surface area contributed by atoms with Crippen molar-refractivity contribution in [2.45, 2.75) is 31.5 Å². The molecule has 1 aliphatic rings. The standard InChI is InChI=1S/C11H17NO3S/c1-8(13)9-7-12-10(16-9)11(14-2)3-5-15-6-4-11/h7-8,13H,3-6H2,1-2H3. The van der Waals surface area contributed by atoms with E-state index in [1.807, 2.05) is 0 Å². The highest BCUT2D eigenvalue weighted by atomic mass is 32.1. The van der Waals surface area contributed by atoms with E-state index in [1.54, 1.807) is 20.2 Å². The minimum absolute atomic E-state index is 0.309. The zero-order valence-corrected chi connectivity index (χ0v) is 10.4. The Kier molecular flexibility index (Phi) is 3.59. The molecular weight excluding hydrogens is 226 g/mol. The lowest BCUT2D eigenvalue weighted by Crippen LogP contribution is -2.35. The maximum atomic E-state index is 9.50. The maximum Gasteiger partial charge on any atom is 0.125 e. The predicted molar refractivity (Wildman–Crippen MR) is 61.5 cm³/mol. The number of thiazole rings is 1. The van der Waals surface area contributed by atoms with Crippen LogP contribution in [0.3, 0.4) is 0 Å². The van der Waals surface area contributed by atoms with Crippen LogP contribution in [-0.4, -0.2) is 30.4 Å². The molecule has 16 heavy (non-hydrogen) atoms. The van der Waals surface area contributed by atoms with Gasteiger partial charge in [-0.1, -0.05) is 0 Å². The van der Waals surface area contributed by atoms with Gasteiger partial charge in [0.15, 0.2) is 0 Å². The molecule has 0 saturated carbocycles. The first-order valence-corrected chi connectivity index (χ1v) is 6.27. The summed E-state index contributed by atoms with van der Waals surface area (Å²) in [5.41, 5.74) is -0.309. The Bertz CT molecular complexity index is 345. The van der Waals surface area contributed by atoms with E-state index in [4.69, 9.17) is 9.47 Å². The van der Waals surface area contributed by atoms with Crippen molar-refractivity contribution in [1.82, 2.24) is 4.98 Å². The molecule has 1 atom stereocenters. The summed E-state index contributed by atoms with van der Waals surface area (Å²) in [5, 5.41) is 10.4. The van der Waals surface area contributed by atoms with Crippen molar-refractivity contribution in [3.8, 4) is 0 Å². The van der Waals surface area contributed by atoms with E-state index in [2.05, 4.69) is 4.98 Å². The summed E-state index contributed by atoms with van der Waals surface area (Å²) >= 11 is 1.53. The average Bonchev–Trinajstić information content (AvgIpc) is 2.80. The molecule has 0 aliphatic carbocycles. The minimum Gasteiger partial charge on any atom is -0.388 e. The third-order valence-electron chi connectivity index (χ3n) is 3.02. The number of aliphatic hydroxyl groups excluding tert-OH is 1. The molecule has 1 unspecified atom stereocenters. The van der Waals surface area contributed by atoms with E-state index in [0.29, 0.717) is 13.2 Å². The molecule has 4 nitrogen and oxygen atoms in total.